The van der Waals surface area contributed by atoms with E-state index in [1.54, 1.807) is 50.4 Å². The number of ether oxygens (including phenoxy) is 1. The first-order valence-corrected chi connectivity index (χ1v) is 51.3. The Bertz CT molecular complexity index is 5380. The maximum Gasteiger partial charge on any atom is 0.262 e. The van der Waals surface area contributed by atoms with Crippen LogP contribution in [-0.2, 0) is 19.2 Å². The molecule has 0 saturated heterocycles. The second-order valence-electron chi connectivity index (χ2n) is 37.1. The molecule has 14 rings (SSSR count). The number of unbranched alkanes of at least 4 members (excludes halogenated alkanes) is 7. The fourth-order valence-corrected chi connectivity index (χ4v) is 19.1. The lowest BCUT2D eigenvalue weighted by Crippen LogP contribution is -2.44. The number of rotatable bonds is 42. The van der Waals surface area contributed by atoms with Crippen molar-refractivity contribution in [1.29, 1.82) is 0 Å². The maximum absolute atomic E-state index is 15.0. The average molecular weight is 1880 g/mol. The van der Waals surface area contributed by atoms with E-state index in [2.05, 4.69) is 242 Å². The number of nitrogens with zero attached hydrogens (tertiary/aromatic N) is 6. The largest absolute Gasteiger partial charge is 0.494 e. The fraction of sp³-hybridized carbons (Fsp3) is 0.409. The van der Waals surface area contributed by atoms with E-state index < -0.39 is 11.2 Å². The van der Waals surface area contributed by atoms with Gasteiger partial charge in [0, 0.05) is 74.5 Å². The molecule has 4 aliphatic heterocycles. The molecule has 17 heteroatoms. The minimum absolute atomic E-state index is 0.0116. The van der Waals surface area contributed by atoms with Gasteiger partial charge in [-0.1, -0.05) is 306 Å². The fourth-order valence-electron chi connectivity index (χ4n) is 17.3. The summed E-state index contributed by atoms with van der Waals surface area (Å²) >= 11 is 6.71. The molecule has 13 nitrogen and oxygen atoms in total. The molecule has 696 valence electrons. The van der Waals surface area contributed by atoms with Gasteiger partial charge in [0.1, 0.15) is 13.6 Å². The lowest BCUT2D eigenvalue weighted by atomic mass is 9.90. The van der Waals surface area contributed by atoms with Crippen molar-refractivity contribution in [3.05, 3.63) is 294 Å². The van der Waals surface area contributed by atoms with Crippen LogP contribution in [0.3, 0.4) is 0 Å². The average Bonchev–Trinajstić information content (AvgIpc) is 1.56. The number of carbonyl (C=O) groups excluding carboxylic acids is 4. The molecule has 0 bridgehead atoms. The number of halogens is 1. The molecular formula is C115H142BBrN6O7S2. The van der Waals surface area contributed by atoms with Crippen LogP contribution in [0, 0.1) is 44.4 Å². The van der Waals surface area contributed by atoms with Crippen LogP contribution in [0.5, 0.6) is 5.75 Å². The Kier molecular flexibility index (Phi) is 38.2. The highest BCUT2D eigenvalue weighted by atomic mass is 79.9. The monoisotopic (exact) mass is 1870 g/mol. The minimum Gasteiger partial charge on any atom is -0.494 e. The van der Waals surface area contributed by atoms with Crippen LogP contribution in [0.25, 0.3) is 33.4 Å². The molecule has 8 aromatic carbocycles. The zero-order valence-corrected chi connectivity index (χ0v) is 84.5. The molecule has 2 N–H and O–H groups in total. The summed E-state index contributed by atoms with van der Waals surface area (Å²) in [5.74, 6) is 2.55. The van der Waals surface area contributed by atoms with Gasteiger partial charge in [-0.25, -0.2) is 0 Å². The highest BCUT2D eigenvalue weighted by molar-refractivity contribution is 9.10. The third-order valence-electron chi connectivity index (χ3n) is 26.4. The number of hydrogen-bond donors (Lipinski definition) is 2. The van der Waals surface area contributed by atoms with Gasteiger partial charge < -0.3 is 44.3 Å². The normalized spacial score (nSPS) is 14.7. The molecule has 6 heterocycles. The van der Waals surface area contributed by atoms with Crippen molar-refractivity contribution in [1.82, 2.24) is 19.6 Å². The number of anilines is 6. The Morgan fingerprint density at radius 3 is 0.917 bits per heavy atom. The van der Waals surface area contributed by atoms with Crippen LogP contribution in [-0.4, -0.2) is 105 Å². The second kappa shape index (κ2) is 49.2. The van der Waals surface area contributed by atoms with Crippen LogP contribution >= 0.6 is 38.6 Å². The van der Waals surface area contributed by atoms with E-state index in [-0.39, 0.29) is 23.6 Å². The van der Waals surface area contributed by atoms with Crippen molar-refractivity contribution in [2.24, 2.45) is 23.7 Å². The van der Waals surface area contributed by atoms with Crippen LogP contribution in [0.2, 0.25) is 0 Å². The van der Waals surface area contributed by atoms with Crippen molar-refractivity contribution >= 4 is 132 Å². The van der Waals surface area contributed by atoms with Crippen LogP contribution in [0.15, 0.2) is 256 Å². The van der Waals surface area contributed by atoms with Crippen molar-refractivity contribution in [2.75, 3.05) is 42.6 Å². The Morgan fingerprint density at radius 2 is 0.621 bits per heavy atom. The molecule has 10 aromatic rings. The summed E-state index contributed by atoms with van der Waals surface area (Å²) in [5.41, 5.74) is 18.9. The molecule has 4 amide bonds. The molecule has 0 saturated carbocycles. The Hall–Kier alpha value is -10.1. The molecule has 4 aliphatic rings. The molecular weight excluding hydrogens is 1730 g/mol. The van der Waals surface area contributed by atoms with Gasteiger partial charge in [0.05, 0.1) is 62.9 Å². The van der Waals surface area contributed by atoms with Crippen LogP contribution in [0.1, 0.15) is 256 Å². The molecule has 4 atom stereocenters. The highest BCUT2D eigenvalue weighted by Crippen LogP contribution is 2.52. The van der Waals surface area contributed by atoms with Crippen molar-refractivity contribution in [2.45, 2.75) is 250 Å². The zero-order valence-electron chi connectivity index (χ0n) is 81.3. The van der Waals surface area contributed by atoms with E-state index >= 15 is 0 Å². The minimum atomic E-state index is -1.01. The standard InChI is InChI=1S/C52H59N3O2S.C32H41BrN2O2S.C25H28BNO.C6H14O2/c1-7-11-14-38(9-3)34-53-49-47(51(56)54(35-39(10-4)15-12-8-2)50(49)48(52(53)57)46-16-13-33-58-46)42-23-21-40(22-24-42)41-25-31-45(32-26-41)55(43-27-17-36(5)18-28-43)44-29-19-37(6)20-30-44;1-5-9-12-22(7-3)20-34-29-27(24-15-17-25(33)18-16-24)31(36)35(21-23(8-4)13-10-6-2)30(29)28(32(34)37)26-14-11-19-38-26;1-3-4-5-6-19-28-25-17-15-24(16-18-25)27(22-11-7-20(2)8-12-22)23-13-9-21(26)10-14-23;1-5(2,7)6(3,4)8/h13,16-33,38-39H,7-12,14-15,34-35H2,1-6H3;11,14-19,22-23H,5-10,12-13,20-21H2,1-4H3;7-18H,3-6,19H2,1-2H3;7-8H,1-4H3. The summed E-state index contributed by atoms with van der Waals surface area (Å²) in [6, 6.07) is 75.3. The molecule has 0 spiro atoms. The van der Waals surface area contributed by atoms with Gasteiger partial charge in [-0.2, -0.15) is 0 Å². The summed E-state index contributed by atoms with van der Waals surface area (Å²) in [5, 5.41) is 22.3. The number of aliphatic hydroxyl groups is 2. The Balaban J connectivity index is 0.000000195. The summed E-state index contributed by atoms with van der Waals surface area (Å²) in [6.45, 7) is 35.9. The number of carbonyl (C=O) groups is 4. The van der Waals surface area contributed by atoms with Gasteiger partial charge in [0.15, 0.2) is 0 Å². The smallest absolute Gasteiger partial charge is 0.262 e. The number of hydrogen-bond acceptors (Lipinski definition) is 11. The third-order valence-corrected chi connectivity index (χ3v) is 28.7. The molecule has 0 fully saturated rings. The lowest BCUT2D eigenvalue weighted by Gasteiger charge is -2.31. The maximum atomic E-state index is 15.0. The number of fused-ring (bicyclic) bond motifs is 2. The number of amides is 4. The lowest BCUT2D eigenvalue weighted by molar-refractivity contribution is -0.124. The zero-order chi connectivity index (χ0) is 94.8. The number of benzene rings is 8. The van der Waals surface area contributed by atoms with Crippen molar-refractivity contribution in [3.63, 3.8) is 0 Å². The first kappa shape index (κ1) is 102. The molecule has 2 radical (unpaired) electrons. The van der Waals surface area contributed by atoms with Gasteiger partial charge in [-0.05, 0) is 246 Å². The summed E-state index contributed by atoms with van der Waals surface area (Å²) < 4.78 is 6.87. The van der Waals surface area contributed by atoms with E-state index in [9.17, 15) is 19.2 Å². The van der Waals surface area contributed by atoms with Gasteiger partial charge in [0.2, 0.25) is 0 Å². The second-order valence-corrected chi connectivity index (χ2v) is 39.9. The predicted octanol–water partition coefficient (Wildman–Crippen LogP) is 29.2. The number of aryl methyl sites for hydroxylation is 3. The van der Waals surface area contributed by atoms with E-state index in [0.717, 1.165) is 220 Å². The van der Waals surface area contributed by atoms with Gasteiger partial charge in [-0.3, -0.25) is 19.2 Å². The summed E-state index contributed by atoms with van der Waals surface area (Å²) in [6.07, 6.45) is 22.3. The van der Waals surface area contributed by atoms with Crippen molar-refractivity contribution < 1.29 is 34.1 Å². The topological polar surface area (TPSA) is 137 Å². The van der Waals surface area contributed by atoms with E-state index in [4.69, 9.17) is 22.8 Å². The van der Waals surface area contributed by atoms with E-state index in [0.29, 0.717) is 72.1 Å². The first-order chi connectivity index (χ1) is 63.6. The van der Waals surface area contributed by atoms with Crippen molar-refractivity contribution in [3.8, 4) is 16.9 Å². The third kappa shape index (κ3) is 25.9. The summed E-state index contributed by atoms with van der Waals surface area (Å²) in [7, 11) is 5.89. The molecule has 0 aliphatic carbocycles. The Labute approximate surface area is 807 Å². The first-order valence-electron chi connectivity index (χ1n) is 48.8. The molecule has 132 heavy (non-hydrogen) atoms. The van der Waals surface area contributed by atoms with Gasteiger partial charge >= 0.3 is 0 Å². The molecule has 2 aromatic heterocycles. The van der Waals surface area contributed by atoms with Crippen LogP contribution in [0.4, 0.5) is 34.1 Å². The molecule has 4 unspecified atom stereocenters. The SMILES string of the molecule is CC(C)(O)C(C)(C)O.CCCCC(CC)CN1C(=O)C(c2cccs2)=C2C1=C(c1ccc(-c3ccc(N(c4ccc(C)cc4)c4ccc(C)cc4)cc3)cc1)C(=O)N2CC(CC)CCCC.CCCCC(CC)CN1C(=O)C(c2cccs2)=C2C1=C(c1ccc(Br)cc1)C(=O)N2CC(CC)CCCC.[B]c1ccc(N(c2ccc(C)cc2)c2ccc(OCCCCCC)cc2)cc1. The highest BCUT2D eigenvalue weighted by Gasteiger charge is 2.51. The number of thiophene rings is 2. The quantitative estimate of drug-likeness (QED) is 0.0283. The Morgan fingerprint density at radius 1 is 0.348 bits per heavy atom. The van der Waals surface area contributed by atoms with E-state index in [1.165, 1.54) is 36.0 Å². The van der Waals surface area contributed by atoms with Gasteiger partial charge in [0.25, 0.3) is 23.6 Å². The van der Waals surface area contributed by atoms with Gasteiger partial charge in [-0.15, -0.1) is 22.7 Å². The summed E-state index contributed by atoms with van der Waals surface area (Å²) in [4.78, 5) is 72.5. The van der Waals surface area contributed by atoms with E-state index in [1.807, 2.05) is 115 Å². The van der Waals surface area contributed by atoms with Crippen LogP contribution < -0.4 is 20.0 Å². The predicted molar refractivity (Wildman–Crippen MR) is 560 cm³/mol.